The van der Waals surface area contributed by atoms with Gasteiger partial charge in [0.2, 0.25) is 23.6 Å². The number of alkyl carbamates (subject to hydrolysis) is 1. The second-order valence-corrected chi connectivity index (χ2v) is 12.6. The lowest BCUT2D eigenvalue weighted by Gasteiger charge is -2.31. The van der Waals surface area contributed by atoms with Gasteiger partial charge < -0.3 is 35.6 Å². The molecule has 0 bridgehead atoms. The summed E-state index contributed by atoms with van der Waals surface area (Å²) in [5, 5.41) is 17.5. The van der Waals surface area contributed by atoms with Gasteiger partial charge in [0.25, 0.3) is 0 Å². The SMILES string of the molecule is CC(C)CC(NC(=O)C1CCCN1C(=O)C(Cc1ccccc1)NC(=O)C1CCCN1C(=O)CNC(=O)OCc1ccccc1)C(=O)O. The van der Waals surface area contributed by atoms with Crippen molar-refractivity contribution in [3.63, 3.8) is 0 Å². The smallest absolute Gasteiger partial charge is 0.407 e. The predicted molar refractivity (Wildman–Crippen MR) is 175 cm³/mol. The highest BCUT2D eigenvalue weighted by Gasteiger charge is 2.41. The standard InChI is InChI=1S/C35H45N5O8/c1-23(2)19-27(34(45)46)38-32(43)29-16-10-18-40(29)33(44)26(20-24-11-5-3-6-12-24)37-31(42)28-15-9-17-39(28)30(41)21-36-35(47)48-22-25-13-7-4-8-14-25/h3-8,11-14,23,26-29H,9-10,15-22H2,1-2H3,(H,36,47)(H,37,42)(H,38,43)(H,45,46). The molecule has 4 unspecified atom stereocenters. The number of benzene rings is 2. The lowest BCUT2D eigenvalue weighted by molar-refractivity contribution is -0.145. The Morgan fingerprint density at radius 2 is 1.33 bits per heavy atom. The van der Waals surface area contributed by atoms with E-state index in [1.54, 1.807) is 0 Å². The van der Waals surface area contributed by atoms with Gasteiger partial charge in [0, 0.05) is 19.5 Å². The predicted octanol–water partition coefficient (Wildman–Crippen LogP) is 2.24. The molecule has 2 aromatic carbocycles. The average molecular weight is 664 g/mol. The van der Waals surface area contributed by atoms with Gasteiger partial charge in [-0.2, -0.15) is 0 Å². The Kier molecular flexibility index (Phi) is 12.9. The van der Waals surface area contributed by atoms with E-state index in [9.17, 15) is 33.9 Å². The summed E-state index contributed by atoms with van der Waals surface area (Å²) < 4.78 is 5.17. The molecule has 0 spiro atoms. The molecule has 0 radical (unpaired) electrons. The first kappa shape index (κ1) is 35.9. The van der Waals surface area contributed by atoms with Crippen molar-refractivity contribution in [2.45, 2.75) is 83.1 Å². The molecule has 2 fully saturated rings. The summed E-state index contributed by atoms with van der Waals surface area (Å²) in [7, 11) is 0. The van der Waals surface area contributed by atoms with Gasteiger partial charge >= 0.3 is 12.1 Å². The van der Waals surface area contributed by atoms with Crippen LogP contribution in [0.25, 0.3) is 0 Å². The summed E-state index contributed by atoms with van der Waals surface area (Å²) in [6.07, 6.45) is 1.49. The Hall–Kier alpha value is -4.94. The molecule has 0 aliphatic carbocycles. The molecule has 48 heavy (non-hydrogen) atoms. The highest BCUT2D eigenvalue weighted by Crippen LogP contribution is 2.22. The van der Waals surface area contributed by atoms with E-state index in [1.165, 1.54) is 9.80 Å². The second kappa shape index (κ2) is 17.3. The van der Waals surface area contributed by atoms with Crippen LogP contribution >= 0.6 is 0 Å². The maximum Gasteiger partial charge on any atom is 0.407 e. The molecule has 4 N–H and O–H groups in total. The van der Waals surface area contributed by atoms with Crippen LogP contribution in [0.1, 0.15) is 57.1 Å². The molecule has 258 valence electrons. The molecule has 2 heterocycles. The minimum atomic E-state index is -1.14. The Morgan fingerprint density at radius 1 is 0.792 bits per heavy atom. The van der Waals surface area contributed by atoms with Gasteiger partial charge in [-0.15, -0.1) is 0 Å². The number of likely N-dealkylation sites (tertiary alicyclic amines) is 2. The van der Waals surface area contributed by atoms with Crippen molar-refractivity contribution in [1.29, 1.82) is 0 Å². The van der Waals surface area contributed by atoms with E-state index >= 15 is 0 Å². The summed E-state index contributed by atoms with van der Waals surface area (Å²) in [6.45, 7) is 4.00. The Balaban J connectivity index is 1.41. The number of nitrogens with one attached hydrogen (secondary N) is 3. The van der Waals surface area contributed by atoms with Crippen LogP contribution in [0.15, 0.2) is 60.7 Å². The molecule has 0 aromatic heterocycles. The summed E-state index contributed by atoms with van der Waals surface area (Å²) in [5.41, 5.74) is 1.59. The largest absolute Gasteiger partial charge is 0.480 e. The van der Waals surface area contributed by atoms with Gasteiger partial charge in [0.1, 0.15) is 37.3 Å². The highest BCUT2D eigenvalue weighted by atomic mass is 16.5. The number of hydrogen-bond donors (Lipinski definition) is 4. The number of hydrogen-bond acceptors (Lipinski definition) is 7. The molecule has 2 aromatic rings. The van der Waals surface area contributed by atoms with Crippen molar-refractivity contribution in [3.8, 4) is 0 Å². The van der Waals surface area contributed by atoms with Crippen molar-refractivity contribution in [2.24, 2.45) is 5.92 Å². The molecule has 2 aliphatic rings. The fourth-order valence-corrected chi connectivity index (χ4v) is 6.14. The van der Waals surface area contributed by atoms with E-state index in [2.05, 4.69) is 16.0 Å². The Morgan fingerprint density at radius 3 is 1.92 bits per heavy atom. The molecule has 13 nitrogen and oxygen atoms in total. The number of carboxylic acids is 1. The topological polar surface area (TPSA) is 174 Å². The zero-order valence-corrected chi connectivity index (χ0v) is 27.4. The number of amides is 5. The third-order valence-corrected chi connectivity index (χ3v) is 8.53. The van der Waals surface area contributed by atoms with Crippen molar-refractivity contribution >= 4 is 35.7 Å². The lowest BCUT2D eigenvalue weighted by Crippen LogP contribution is -2.58. The number of carbonyl (C=O) groups excluding carboxylic acids is 5. The molecule has 2 aliphatic heterocycles. The third kappa shape index (κ3) is 10.0. The van der Waals surface area contributed by atoms with Gasteiger partial charge in [0.15, 0.2) is 0 Å². The number of carboxylic acid groups (broad SMARTS) is 1. The monoisotopic (exact) mass is 663 g/mol. The van der Waals surface area contributed by atoms with Crippen molar-refractivity contribution in [2.75, 3.05) is 19.6 Å². The molecule has 4 atom stereocenters. The van der Waals surface area contributed by atoms with Crippen LogP contribution in [-0.4, -0.2) is 94.4 Å². The Labute approximate surface area is 280 Å². The van der Waals surface area contributed by atoms with Crippen LogP contribution in [0.3, 0.4) is 0 Å². The van der Waals surface area contributed by atoms with Crippen LogP contribution in [0.4, 0.5) is 4.79 Å². The average Bonchev–Trinajstić information content (AvgIpc) is 3.77. The maximum atomic E-state index is 14.0. The van der Waals surface area contributed by atoms with Crippen molar-refractivity contribution in [1.82, 2.24) is 25.8 Å². The summed E-state index contributed by atoms with van der Waals surface area (Å²) in [5.74, 6) is -3.08. The highest BCUT2D eigenvalue weighted by molar-refractivity contribution is 5.96. The molecular formula is C35H45N5O8. The lowest BCUT2D eigenvalue weighted by atomic mass is 10.0. The first-order valence-corrected chi connectivity index (χ1v) is 16.5. The molecule has 4 rings (SSSR count). The van der Waals surface area contributed by atoms with Crippen LogP contribution in [0.2, 0.25) is 0 Å². The first-order valence-electron chi connectivity index (χ1n) is 16.5. The summed E-state index contributed by atoms with van der Waals surface area (Å²) in [4.78, 5) is 80.9. The molecular weight excluding hydrogens is 618 g/mol. The summed E-state index contributed by atoms with van der Waals surface area (Å²) in [6, 6.07) is 14.4. The quantitative estimate of drug-likeness (QED) is 0.238. The third-order valence-electron chi connectivity index (χ3n) is 8.53. The van der Waals surface area contributed by atoms with Gasteiger partial charge in [0.05, 0.1) is 0 Å². The van der Waals surface area contributed by atoms with Crippen LogP contribution in [0, 0.1) is 5.92 Å². The van der Waals surface area contributed by atoms with E-state index in [-0.39, 0.29) is 38.5 Å². The van der Waals surface area contributed by atoms with Crippen LogP contribution in [-0.2, 0) is 41.7 Å². The molecule has 2 saturated heterocycles. The number of ether oxygens (including phenoxy) is 1. The zero-order chi connectivity index (χ0) is 34.6. The normalized spacial score (nSPS) is 18.6. The fraction of sp³-hybridized carbons (Fsp3) is 0.486. The van der Waals surface area contributed by atoms with Gasteiger partial charge in [-0.25, -0.2) is 9.59 Å². The Bertz CT molecular complexity index is 1440. The first-order chi connectivity index (χ1) is 23.0. The number of carbonyl (C=O) groups is 6. The molecule has 13 heteroatoms. The van der Waals surface area contributed by atoms with Crippen LogP contribution < -0.4 is 16.0 Å². The summed E-state index contributed by atoms with van der Waals surface area (Å²) >= 11 is 0. The van der Waals surface area contributed by atoms with E-state index in [4.69, 9.17) is 4.74 Å². The second-order valence-electron chi connectivity index (χ2n) is 12.6. The minimum Gasteiger partial charge on any atom is -0.480 e. The van der Waals surface area contributed by atoms with E-state index in [0.717, 1.165) is 11.1 Å². The van der Waals surface area contributed by atoms with Gasteiger partial charge in [-0.05, 0) is 49.1 Å². The van der Waals surface area contributed by atoms with Gasteiger partial charge in [-0.3, -0.25) is 19.2 Å². The van der Waals surface area contributed by atoms with Gasteiger partial charge in [-0.1, -0.05) is 74.5 Å². The fourth-order valence-electron chi connectivity index (χ4n) is 6.14. The van der Waals surface area contributed by atoms with E-state index in [0.29, 0.717) is 32.2 Å². The number of nitrogens with zero attached hydrogens (tertiary/aromatic N) is 2. The zero-order valence-electron chi connectivity index (χ0n) is 27.4. The molecule has 0 saturated carbocycles. The maximum absolute atomic E-state index is 14.0. The van der Waals surface area contributed by atoms with Crippen LogP contribution in [0.5, 0.6) is 0 Å². The van der Waals surface area contributed by atoms with Crippen molar-refractivity contribution in [3.05, 3.63) is 71.8 Å². The van der Waals surface area contributed by atoms with Crippen molar-refractivity contribution < 1.29 is 38.6 Å². The molecule has 5 amide bonds. The number of aliphatic carboxylic acids is 1. The van der Waals surface area contributed by atoms with E-state index in [1.807, 2.05) is 74.5 Å². The number of rotatable bonds is 14. The van der Waals surface area contributed by atoms with E-state index < -0.39 is 59.9 Å². The minimum absolute atomic E-state index is 0.0319.